The number of carbonyl (C=O) groups is 4. The van der Waals surface area contributed by atoms with Gasteiger partial charge in [0.1, 0.15) is 0 Å². The third-order valence-corrected chi connectivity index (χ3v) is 5.87. The van der Waals surface area contributed by atoms with Gasteiger partial charge in [-0.25, -0.2) is 4.79 Å². The van der Waals surface area contributed by atoms with Crippen molar-refractivity contribution in [1.82, 2.24) is 9.80 Å². The molecule has 0 spiro atoms. The highest BCUT2D eigenvalue weighted by Gasteiger charge is 2.34. The maximum Gasteiger partial charge on any atom is 0.338 e. The van der Waals surface area contributed by atoms with Gasteiger partial charge in [0.25, 0.3) is 17.7 Å². The summed E-state index contributed by atoms with van der Waals surface area (Å²) in [6.45, 7) is 4.00. The van der Waals surface area contributed by atoms with Gasteiger partial charge in [0.2, 0.25) is 0 Å². The molecule has 3 aromatic carbocycles. The fourth-order valence-electron chi connectivity index (χ4n) is 3.94. The maximum atomic E-state index is 12.7. The molecule has 1 heterocycles. The number of hydrogen-bond acceptors (Lipinski definition) is 5. The first-order valence-electron chi connectivity index (χ1n) is 11.4. The third-order valence-electron chi connectivity index (χ3n) is 5.87. The lowest BCUT2D eigenvalue weighted by Crippen LogP contribution is -2.39. The minimum Gasteiger partial charge on any atom is -0.452 e. The summed E-state index contributed by atoms with van der Waals surface area (Å²) in [5, 5.41) is 0. The largest absolute Gasteiger partial charge is 0.452 e. The van der Waals surface area contributed by atoms with Gasteiger partial charge in [-0.15, -0.1) is 0 Å². The standard InChI is InChI=1S/C28H26N2O5/c1-19(2)29(16-20-8-4-3-5-9-20)25(31)18-35-28(34)22-14-12-21(13-15-22)17-30-26(32)23-10-6-7-11-24(23)27(30)33/h3-15,19H,16-18H2,1-2H3. The number of imide groups is 1. The monoisotopic (exact) mass is 470 g/mol. The van der Waals surface area contributed by atoms with Crippen LogP contribution in [0.25, 0.3) is 0 Å². The van der Waals surface area contributed by atoms with E-state index in [2.05, 4.69) is 0 Å². The molecule has 7 nitrogen and oxygen atoms in total. The van der Waals surface area contributed by atoms with Gasteiger partial charge in [-0.2, -0.15) is 0 Å². The van der Waals surface area contributed by atoms with E-state index in [0.717, 1.165) is 5.56 Å². The number of nitrogens with zero attached hydrogens (tertiary/aromatic N) is 2. The average Bonchev–Trinajstić information content (AvgIpc) is 3.11. The van der Waals surface area contributed by atoms with Gasteiger partial charge in [0.05, 0.1) is 23.2 Å². The molecule has 0 saturated carbocycles. The van der Waals surface area contributed by atoms with E-state index in [-0.39, 0.29) is 42.5 Å². The first-order chi connectivity index (χ1) is 16.8. The summed E-state index contributed by atoms with van der Waals surface area (Å²) in [5.74, 6) is -1.57. The Bertz CT molecular complexity index is 1220. The molecule has 0 aromatic heterocycles. The molecule has 0 bridgehead atoms. The van der Waals surface area contributed by atoms with E-state index in [9.17, 15) is 19.2 Å². The summed E-state index contributed by atoms with van der Waals surface area (Å²) in [4.78, 5) is 53.1. The second kappa shape index (κ2) is 10.3. The number of amides is 3. The van der Waals surface area contributed by atoms with Crippen molar-refractivity contribution < 1.29 is 23.9 Å². The number of esters is 1. The lowest BCUT2D eigenvalue weighted by Gasteiger charge is -2.26. The van der Waals surface area contributed by atoms with Gasteiger partial charge < -0.3 is 9.64 Å². The smallest absolute Gasteiger partial charge is 0.338 e. The molecule has 0 atom stereocenters. The SMILES string of the molecule is CC(C)N(Cc1ccccc1)C(=O)COC(=O)c1ccc(CN2C(=O)c3ccccc3C2=O)cc1. The highest BCUT2D eigenvalue weighted by Crippen LogP contribution is 2.24. The molecule has 0 saturated heterocycles. The molecule has 3 amide bonds. The number of benzene rings is 3. The Morgan fingerprint density at radius 2 is 1.37 bits per heavy atom. The quantitative estimate of drug-likeness (QED) is 0.366. The second-order valence-corrected chi connectivity index (χ2v) is 8.62. The number of ether oxygens (including phenoxy) is 1. The number of fused-ring (bicyclic) bond motifs is 1. The molecule has 4 rings (SSSR count). The van der Waals surface area contributed by atoms with Crippen LogP contribution in [0, 0.1) is 0 Å². The van der Waals surface area contributed by atoms with Crippen LogP contribution in [0.15, 0.2) is 78.9 Å². The van der Waals surface area contributed by atoms with Crippen molar-refractivity contribution in [3.05, 3.63) is 107 Å². The van der Waals surface area contributed by atoms with E-state index >= 15 is 0 Å². The molecule has 0 aliphatic carbocycles. The van der Waals surface area contributed by atoms with Gasteiger partial charge >= 0.3 is 5.97 Å². The normalized spacial score (nSPS) is 12.6. The van der Waals surface area contributed by atoms with Crippen molar-refractivity contribution in [3.63, 3.8) is 0 Å². The predicted molar refractivity (Wildman–Crippen MR) is 129 cm³/mol. The minimum atomic E-state index is -0.617. The van der Waals surface area contributed by atoms with Crippen LogP contribution in [0.2, 0.25) is 0 Å². The van der Waals surface area contributed by atoms with Gasteiger partial charge in [0.15, 0.2) is 6.61 Å². The molecule has 0 unspecified atom stereocenters. The van der Waals surface area contributed by atoms with Crippen molar-refractivity contribution in [1.29, 1.82) is 0 Å². The van der Waals surface area contributed by atoms with E-state index in [1.807, 2.05) is 44.2 Å². The van der Waals surface area contributed by atoms with Crippen LogP contribution in [-0.4, -0.2) is 46.1 Å². The van der Waals surface area contributed by atoms with Crippen LogP contribution in [0.3, 0.4) is 0 Å². The second-order valence-electron chi connectivity index (χ2n) is 8.62. The fraction of sp³-hybridized carbons (Fsp3) is 0.214. The zero-order valence-electron chi connectivity index (χ0n) is 19.6. The summed E-state index contributed by atoms with van der Waals surface area (Å²) in [6.07, 6.45) is 0. The Balaban J connectivity index is 1.34. The molecule has 1 aliphatic rings. The zero-order valence-corrected chi connectivity index (χ0v) is 19.6. The Hall–Kier alpha value is -4.26. The van der Waals surface area contributed by atoms with E-state index < -0.39 is 5.97 Å². The Labute approximate surface area is 203 Å². The van der Waals surface area contributed by atoms with Crippen LogP contribution in [0.5, 0.6) is 0 Å². The number of hydrogen-bond donors (Lipinski definition) is 0. The Morgan fingerprint density at radius 3 is 1.94 bits per heavy atom. The highest BCUT2D eigenvalue weighted by atomic mass is 16.5. The molecule has 7 heteroatoms. The topological polar surface area (TPSA) is 84.0 Å². The zero-order chi connectivity index (χ0) is 24.9. The Morgan fingerprint density at radius 1 is 0.800 bits per heavy atom. The van der Waals surface area contributed by atoms with Crippen molar-refractivity contribution in [2.24, 2.45) is 0 Å². The number of carbonyl (C=O) groups excluding carboxylic acids is 4. The first-order valence-corrected chi connectivity index (χ1v) is 11.4. The van der Waals surface area contributed by atoms with E-state index in [4.69, 9.17) is 4.74 Å². The van der Waals surface area contributed by atoms with E-state index in [0.29, 0.717) is 23.2 Å². The maximum absolute atomic E-state index is 12.7. The highest BCUT2D eigenvalue weighted by molar-refractivity contribution is 6.21. The van der Waals surface area contributed by atoms with Crippen LogP contribution < -0.4 is 0 Å². The summed E-state index contributed by atoms with van der Waals surface area (Å²) in [6, 6.07) is 22.7. The minimum absolute atomic E-state index is 0.0529. The summed E-state index contributed by atoms with van der Waals surface area (Å²) < 4.78 is 5.26. The first kappa shape index (κ1) is 23.9. The molecule has 1 aliphatic heterocycles. The van der Waals surface area contributed by atoms with Crippen LogP contribution in [0.4, 0.5) is 0 Å². The fourth-order valence-corrected chi connectivity index (χ4v) is 3.94. The van der Waals surface area contributed by atoms with Gasteiger partial charge in [-0.3, -0.25) is 19.3 Å². The van der Waals surface area contributed by atoms with Crippen molar-refractivity contribution in [3.8, 4) is 0 Å². The number of rotatable bonds is 8. The lowest BCUT2D eigenvalue weighted by molar-refractivity contribution is -0.136. The van der Waals surface area contributed by atoms with Crippen molar-refractivity contribution >= 4 is 23.7 Å². The molecule has 35 heavy (non-hydrogen) atoms. The summed E-state index contributed by atoms with van der Waals surface area (Å²) in [7, 11) is 0. The van der Waals surface area contributed by atoms with Crippen LogP contribution in [-0.2, 0) is 22.6 Å². The molecule has 3 aromatic rings. The molecule has 0 radical (unpaired) electrons. The molecule has 178 valence electrons. The van der Waals surface area contributed by atoms with Gasteiger partial charge in [0, 0.05) is 12.6 Å². The van der Waals surface area contributed by atoms with Crippen molar-refractivity contribution in [2.75, 3.05) is 6.61 Å². The molecule has 0 fully saturated rings. The lowest BCUT2D eigenvalue weighted by atomic mass is 10.1. The van der Waals surface area contributed by atoms with Gasteiger partial charge in [-0.1, -0.05) is 54.6 Å². The predicted octanol–water partition coefficient (Wildman–Crippen LogP) is 4.08. The van der Waals surface area contributed by atoms with Crippen LogP contribution >= 0.6 is 0 Å². The van der Waals surface area contributed by atoms with E-state index in [1.165, 1.54) is 4.90 Å². The average molecular weight is 471 g/mol. The molecular weight excluding hydrogens is 444 g/mol. The Kier molecular flexibility index (Phi) is 7.06. The van der Waals surface area contributed by atoms with Crippen molar-refractivity contribution in [2.45, 2.75) is 33.0 Å². The van der Waals surface area contributed by atoms with Crippen LogP contribution in [0.1, 0.15) is 56.0 Å². The molecular formula is C28H26N2O5. The van der Waals surface area contributed by atoms with Gasteiger partial charge in [-0.05, 0) is 49.2 Å². The summed E-state index contributed by atoms with van der Waals surface area (Å²) in [5.41, 5.74) is 2.76. The summed E-state index contributed by atoms with van der Waals surface area (Å²) >= 11 is 0. The third kappa shape index (κ3) is 5.30. The molecule has 0 N–H and O–H groups in total. The van der Waals surface area contributed by atoms with E-state index in [1.54, 1.807) is 53.4 Å².